The maximum Gasteiger partial charge on any atom is 0.251 e. The van der Waals surface area contributed by atoms with Gasteiger partial charge < -0.3 is 20.4 Å². The SMILES string of the molecule is O=C1Nc2ccccc2C1N(CC(=O)N1CCNCC1)c1ccccc1. The molecule has 2 aromatic carbocycles. The highest BCUT2D eigenvalue weighted by Gasteiger charge is 2.36. The van der Waals surface area contributed by atoms with Gasteiger partial charge in [0.25, 0.3) is 5.91 Å². The van der Waals surface area contributed by atoms with Crippen LogP contribution >= 0.6 is 0 Å². The minimum atomic E-state index is -0.500. The van der Waals surface area contributed by atoms with Crippen molar-refractivity contribution in [3.05, 3.63) is 60.2 Å². The van der Waals surface area contributed by atoms with Crippen LogP contribution in [0.25, 0.3) is 0 Å². The quantitative estimate of drug-likeness (QED) is 0.880. The van der Waals surface area contributed by atoms with Gasteiger partial charge in [-0.2, -0.15) is 0 Å². The summed E-state index contributed by atoms with van der Waals surface area (Å²) in [4.78, 5) is 29.4. The lowest BCUT2D eigenvalue weighted by molar-refractivity contribution is -0.130. The van der Waals surface area contributed by atoms with Crippen LogP contribution < -0.4 is 15.5 Å². The number of para-hydroxylation sites is 2. The van der Waals surface area contributed by atoms with E-state index in [1.54, 1.807) is 0 Å². The fourth-order valence-electron chi connectivity index (χ4n) is 3.61. The highest BCUT2D eigenvalue weighted by Crippen LogP contribution is 2.37. The third-order valence-corrected chi connectivity index (χ3v) is 4.94. The van der Waals surface area contributed by atoms with Crippen molar-refractivity contribution in [2.45, 2.75) is 6.04 Å². The predicted octanol–water partition coefficient (Wildman–Crippen LogP) is 1.62. The number of nitrogens with zero attached hydrogens (tertiary/aromatic N) is 2. The van der Waals surface area contributed by atoms with E-state index in [2.05, 4.69) is 10.6 Å². The molecule has 2 N–H and O–H groups in total. The van der Waals surface area contributed by atoms with Gasteiger partial charge in [-0.15, -0.1) is 0 Å². The van der Waals surface area contributed by atoms with Crippen molar-refractivity contribution in [1.82, 2.24) is 10.2 Å². The van der Waals surface area contributed by atoms with Crippen LogP contribution in [-0.2, 0) is 9.59 Å². The molecule has 1 unspecified atom stereocenters. The lowest BCUT2D eigenvalue weighted by atomic mass is 10.1. The number of fused-ring (bicyclic) bond motifs is 1. The molecule has 6 nitrogen and oxygen atoms in total. The van der Waals surface area contributed by atoms with Gasteiger partial charge >= 0.3 is 0 Å². The average molecular weight is 350 g/mol. The van der Waals surface area contributed by atoms with Crippen LogP contribution in [-0.4, -0.2) is 49.4 Å². The summed E-state index contributed by atoms with van der Waals surface area (Å²) in [5, 5.41) is 6.19. The fraction of sp³-hybridized carbons (Fsp3) is 0.300. The fourth-order valence-corrected chi connectivity index (χ4v) is 3.61. The van der Waals surface area contributed by atoms with Crippen molar-refractivity contribution >= 4 is 23.2 Å². The van der Waals surface area contributed by atoms with Gasteiger partial charge in [0.15, 0.2) is 0 Å². The molecule has 4 rings (SSSR count). The molecular weight excluding hydrogens is 328 g/mol. The molecule has 1 fully saturated rings. The highest BCUT2D eigenvalue weighted by atomic mass is 16.2. The number of carbonyl (C=O) groups is 2. The molecule has 0 radical (unpaired) electrons. The van der Waals surface area contributed by atoms with E-state index in [4.69, 9.17) is 0 Å². The zero-order chi connectivity index (χ0) is 17.9. The second-order valence-corrected chi connectivity index (χ2v) is 6.57. The van der Waals surface area contributed by atoms with E-state index in [0.717, 1.165) is 30.0 Å². The van der Waals surface area contributed by atoms with Crippen LogP contribution in [0.1, 0.15) is 11.6 Å². The van der Waals surface area contributed by atoms with Crippen molar-refractivity contribution in [3.63, 3.8) is 0 Å². The van der Waals surface area contributed by atoms with E-state index in [1.165, 1.54) is 0 Å². The molecule has 26 heavy (non-hydrogen) atoms. The van der Waals surface area contributed by atoms with E-state index < -0.39 is 6.04 Å². The van der Waals surface area contributed by atoms with Crippen LogP contribution in [0.2, 0.25) is 0 Å². The van der Waals surface area contributed by atoms with Gasteiger partial charge in [-0.25, -0.2) is 0 Å². The summed E-state index contributed by atoms with van der Waals surface area (Å²) in [6, 6.07) is 16.8. The van der Waals surface area contributed by atoms with Crippen molar-refractivity contribution in [3.8, 4) is 0 Å². The van der Waals surface area contributed by atoms with Gasteiger partial charge in [0, 0.05) is 43.1 Å². The van der Waals surface area contributed by atoms with Crippen LogP contribution in [0.4, 0.5) is 11.4 Å². The monoisotopic (exact) mass is 350 g/mol. The van der Waals surface area contributed by atoms with Gasteiger partial charge in [-0.3, -0.25) is 9.59 Å². The number of rotatable bonds is 4. The molecule has 6 heteroatoms. The normalized spacial score (nSPS) is 19.0. The molecule has 2 aliphatic rings. The minimum Gasteiger partial charge on any atom is -0.346 e. The Bertz CT molecular complexity index is 802. The number of nitrogens with one attached hydrogen (secondary N) is 2. The first-order chi connectivity index (χ1) is 12.7. The van der Waals surface area contributed by atoms with Gasteiger partial charge in [-0.05, 0) is 18.2 Å². The van der Waals surface area contributed by atoms with E-state index in [0.29, 0.717) is 13.1 Å². The smallest absolute Gasteiger partial charge is 0.251 e. The van der Waals surface area contributed by atoms with Crippen molar-refractivity contribution in [2.24, 2.45) is 0 Å². The molecule has 1 atom stereocenters. The molecule has 2 aromatic rings. The summed E-state index contributed by atoms with van der Waals surface area (Å²) in [7, 11) is 0. The molecule has 0 aliphatic carbocycles. The molecular formula is C20H22N4O2. The van der Waals surface area contributed by atoms with E-state index >= 15 is 0 Å². The Balaban J connectivity index is 1.66. The third kappa shape index (κ3) is 3.15. The zero-order valence-electron chi connectivity index (χ0n) is 14.5. The van der Waals surface area contributed by atoms with Crippen LogP contribution in [0.15, 0.2) is 54.6 Å². The first-order valence-electron chi connectivity index (χ1n) is 8.94. The zero-order valence-corrected chi connectivity index (χ0v) is 14.5. The Morgan fingerprint density at radius 2 is 1.73 bits per heavy atom. The summed E-state index contributed by atoms with van der Waals surface area (Å²) >= 11 is 0. The second-order valence-electron chi connectivity index (χ2n) is 6.57. The standard InChI is InChI=1S/C20H22N4O2/c25-18(23-12-10-21-11-13-23)14-24(15-6-2-1-3-7-15)19-16-8-4-5-9-17(16)22-20(19)26/h1-9,19,21H,10-14H2,(H,22,26). The lowest BCUT2D eigenvalue weighted by Gasteiger charge is -2.33. The molecule has 2 amide bonds. The number of hydrogen-bond donors (Lipinski definition) is 2. The van der Waals surface area contributed by atoms with Gasteiger partial charge in [0.2, 0.25) is 5.91 Å². The molecule has 0 saturated carbocycles. The largest absolute Gasteiger partial charge is 0.346 e. The molecule has 0 spiro atoms. The van der Waals surface area contributed by atoms with E-state index in [1.807, 2.05) is 64.4 Å². The minimum absolute atomic E-state index is 0.0486. The van der Waals surface area contributed by atoms with Gasteiger partial charge in [0.1, 0.15) is 6.04 Å². The van der Waals surface area contributed by atoms with Gasteiger partial charge in [0.05, 0.1) is 6.54 Å². The Kier molecular flexibility index (Phi) is 4.58. The molecule has 0 bridgehead atoms. The van der Waals surface area contributed by atoms with E-state index in [-0.39, 0.29) is 18.4 Å². The lowest BCUT2D eigenvalue weighted by Crippen LogP contribution is -2.50. The van der Waals surface area contributed by atoms with E-state index in [9.17, 15) is 9.59 Å². The summed E-state index contributed by atoms with van der Waals surface area (Å²) in [6.45, 7) is 3.20. The summed E-state index contributed by atoms with van der Waals surface area (Å²) in [6.07, 6.45) is 0. The Hall–Kier alpha value is -2.86. The summed E-state index contributed by atoms with van der Waals surface area (Å²) < 4.78 is 0. The van der Waals surface area contributed by atoms with Crippen LogP contribution in [0.3, 0.4) is 0 Å². The number of amides is 2. The topological polar surface area (TPSA) is 64.7 Å². The Morgan fingerprint density at radius 3 is 2.50 bits per heavy atom. The molecule has 2 heterocycles. The van der Waals surface area contributed by atoms with Crippen LogP contribution in [0.5, 0.6) is 0 Å². The second kappa shape index (κ2) is 7.17. The number of piperazine rings is 1. The summed E-state index contributed by atoms with van der Waals surface area (Å²) in [5.74, 6) is -0.0456. The van der Waals surface area contributed by atoms with Crippen molar-refractivity contribution in [1.29, 1.82) is 0 Å². The Labute approximate surface area is 152 Å². The maximum atomic E-state index is 12.9. The third-order valence-electron chi connectivity index (χ3n) is 4.94. The molecule has 0 aromatic heterocycles. The molecule has 2 aliphatic heterocycles. The molecule has 1 saturated heterocycles. The Morgan fingerprint density at radius 1 is 1.04 bits per heavy atom. The first-order valence-corrected chi connectivity index (χ1v) is 8.94. The molecule has 134 valence electrons. The number of hydrogen-bond acceptors (Lipinski definition) is 4. The summed E-state index contributed by atoms with van der Waals surface area (Å²) in [5.41, 5.74) is 2.60. The van der Waals surface area contributed by atoms with Crippen molar-refractivity contribution in [2.75, 3.05) is 42.9 Å². The maximum absolute atomic E-state index is 12.9. The average Bonchev–Trinajstić information content (AvgIpc) is 3.03. The number of anilines is 2. The first kappa shape index (κ1) is 16.6. The van der Waals surface area contributed by atoms with Crippen molar-refractivity contribution < 1.29 is 9.59 Å². The number of carbonyl (C=O) groups excluding carboxylic acids is 2. The van der Waals surface area contributed by atoms with Crippen LogP contribution in [0, 0.1) is 0 Å². The van der Waals surface area contributed by atoms with Gasteiger partial charge in [-0.1, -0.05) is 36.4 Å². The predicted molar refractivity (Wildman–Crippen MR) is 101 cm³/mol. The number of benzene rings is 2. The highest BCUT2D eigenvalue weighted by molar-refractivity contribution is 6.05.